The molecule has 168 valence electrons. The SMILES string of the molecule is CC(C)(C)c1ccc(NC(=O)N2CCC(N3CCC(Oc4nccs4)CC3)CC2)cc1. The standard InChI is InChI=1S/C24H34N4O2S/c1-24(2,3)18-4-6-19(7-5-18)26-22(29)28-13-8-20(9-14-28)27-15-10-21(11-16-27)30-23-25-12-17-31-23/h4-7,12,17,20-21H,8-11,13-16H2,1-3H3,(H,26,29). The maximum absolute atomic E-state index is 12.7. The molecule has 0 aliphatic carbocycles. The highest BCUT2D eigenvalue weighted by molar-refractivity contribution is 7.11. The Bertz CT molecular complexity index is 831. The van der Waals surface area contributed by atoms with Crippen LogP contribution in [0.25, 0.3) is 0 Å². The van der Waals surface area contributed by atoms with Crippen molar-refractivity contribution < 1.29 is 9.53 Å². The van der Waals surface area contributed by atoms with Crippen LogP contribution in [0.3, 0.4) is 0 Å². The van der Waals surface area contributed by atoms with Gasteiger partial charge in [0, 0.05) is 49.5 Å². The Hall–Kier alpha value is -2.12. The van der Waals surface area contributed by atoms with Gasteiger partial charge in [0.2, 0.25) is 0 Å². The topological polar surface area (TPSA) is 57.7 Å². The molecule has 31 heavy (non-hydrogen) atoms. The molecular formula is C24H34N4O2S. The van der Waals surface area contributed by atoms with Gasteiger partial charge in [0.1, 0.15) is 6.10 Å². The predicted octanol–water partition coefficient (Wildman–Crippen LogP) is 4.98. The number of hydrogen-bond acceptors (Lipinski definition) is 5. The minimum Gasteiger partial charge on any atom is -0.467 e. The number of aromatic nitrogens is 1. The zero-order valence-corrected chi connectivity index (χ0v) is 19.7. The summed E-state index contributed by atoms with van der Waals surface area (Å²) in [6.07, 6.45) is 6.23. The Morgan fingerprint density at radius 2 is 1.74 bits per heavy atom. The lowest BCUT2D eigenvalue weighted by Crippen LogP contribution is -2.50. The number of benzene rings is 1. The van der Waals surface area contributed by atoms with E-state index in [1.165, 1.54) is 5.56 Å². The second-order valence-corrected chi connectivity index (χ2v) is 10.5. The van der Waals surface area contributed by atoms with Gasteiger partial charge in [-0.25, -0.2) is 9.78 Å². The Kier molecular flexibility index (Phi) is 6.82. The van der Waals surface area contributed by atoms with Gasteiger partial charge in [0.15, 0.2) is 0 Å². The molecule has 2 fully saturated rings. The monoisotopic (exact) mass is 442 g/mol. The minimum absolute atomic E-state index is 0.0116. The molecule has 1 aromatic carbocycles. The number of piperidine rings is 2. The third-order valence-corrected chi connectivity index (χ3v) is 7.09. The molecule has 6 nitrogen and oxygen atoms in total. The zero-order valence-electron chi connectivity index (χ0n) is 18.8. The zero-order chi connectivity index (χ0) is 21.8. The van der Waals surface area contributed by atoms with E-state index in [0.29, 0.717) is 6.04 Å². The van der Waals surface area contributed by atoms with E-state index in [-0.39, 0.29) is 17.6 Å². The van der Waals surface area contributed by atoms with E-state index in [4.69, 9.17) is 4.74 Å². The fraction of sp³-hybridized carbons (Fsp3) is 0.583. The number of urea groups is 1. The summed E-state index contributed by atoms with van der Waals surface area (Å²) in [5.74, 6) is 0. The van der Waals surface area contributed by atoms with E-state index in [9.17, 15) is 4.79 Å². The van der Waals surface area contributed by atoms with Gasteiger partial charge in [-0.3, -0.25) is 4.90 Å². The molecule has 0 atom stereocenters. The third kappa shape index (κ3) is 5.77. The molecule has 2 aromatic rings. The van der Waals surface area contributed by atoms with Crippen molar-refractivity contribution in [3.8, 4) is 5.19 Å². The van der Waals surface area contributed by atoms with Gasteiger partial charge in [0.25, 0.3) is 5.19 Å². The molecule has 4 rings (SSSR count). The quantitative estimate of drug-likeness (QED) is 0.725. The molecule has 0 saturated carbocycles. The highest BCUT2D eigenvalue weighted by Crippen LogP contribution is 2.26. The Balaban J connectivity index is 1.20. The van der Waals surface area contributed by atoms with Gasteiger partial charge < -0.3 is 15.0 Å². The molecule has 1 N–H and O–H groups in total. The van der Waals surface area contributed by atoms with Crippen molar-refractivity contribution >= 4 is 23.1 Å². The van der Waals surface area contributed by atoms with E-state index in [2.05, 4.69) is 48.1 Å². The van der Waals surface area contributed by atoms with Crippen LogP contribution in [0.4, 0.5) is 10.5 Å². The van der Waals surface area contributed by atoms with Crippen LogP contribution in [-0.4, -0.2) is 59.1 Å². The van der Waals surface area contributed by atoms with Gasteiger partial charge in [-0.2, -0.15) is 0 Å². The van der Waals surface area contributed by atoms with Crippen molar-refractivity contribution in [2.75, 3.05) is 31.5 Å². The van der Waals surface area contributed by atoms with Crippen molar-refractivity contribution in [3.63, 3.8) is 0 Å². The van der Waals surface area contributed by atoms with Crippen LogP contribution in [0.2, 0.25) is 0 Å². The summed E-state index contributed by atoms with van der Waals surface area (Å²) in [7, 11) is 0. The lowest BCUT2D eigenvalue weighted by Gasteiger charge is -2.41. The summed E-state index contributed by atoms with van der Waals surface area (Å²) in [5.41, 5.74) is 2.25. The van der Waals surface area contributed by atoms with Crippen molar-refractivity contribution in [1.82, 2.24) is 14.8 Å². The van der Waals surface area contributed by atoms with Crippen LogP contribution in [0.1, 0.15) is 52.0 Å². The van der Waals surface area contributed by atoms with Crippen molar-refractivity contribution in [1.29, 1.82) is 0 Å². The van der Waals surface area contributed by atoms with Crippen LogP contribution >= 0.6 is 11.3 Å². The predicted molar refractivity (Wildman–Crippen MR) is 126 cm³/mol. The number of thiazole rings is 1. The molecule has 7 heteroatoms. The minimum atomic E-state index is 0.0116. The maximum atomic E-state index is 12.7. The number of carbonyl (C=O) groups is 1. The fourth-order valence-electron chi connectivity index (χ4n) is 4.46. The van der Waals surface area contributed by atoms with Crippen molar-refractivity contribution in [2.45, 2.75) is 64.0 Å². The number of hydrogen-bond donors (Lipinski definition) is 1. The van der Waals surface area contributed by atoms with Crippen LogP contribution in [0, 0.1) is 0 Å². The number of rotatable bonds is 4. The number of ether oxygens (including phenoxy) is 1. The van der Waals surface area contributed by atoms with Crippen LogP contribution in [0.15, 0.2) is 35.8 Å². The molecule has 1 aromatic heterocycles. The first kappa shape index (κ1) is 22.1. The average Bonchev–Trinajstić information content (AvgIpc) is 3.27. The van der Waals surface area contributed by atoms with E-state index < -0.39 is 0 Å². The highest BCUT2D eigenvalue weighted by Gasteiger charge is 2.30. The van der Waals surface area contributed by atoms with Crippen LogP contribution in [0.5, 0.6) is 5.19 Å². The number of likely N-dealkylation sites (tertiary alicyclic amines) is 2. The van der Waals surface area contributed by atoms with Gasteiger partial charge in [-0.15, -0.1) is 0 Å². The van der Waals surface area contributed by atoms with Gasteiger partial charge in [-0.05, 0) is 48.8 Å². The van der Waals surface area contributed by atoms with E-state index >= 15 is 0 Å². The molecule has 2 aliphatic heterocycles. The summed E-state index contributed by atoms with van der Waals surface area (Å²) >= 11 is 1.56. The van der Waals surface area contributed by atoms with Crippen LogP contribution in [-0.2, 0) is 5.41 Å². The molecule has 2 saturated heterocycles. The van der Waals surface area contributed by atoms with E-state index in [1.54, 1.807) is 17.5 Å². The first-order valence-electron chi connectivity index (χ1n) is 11.3. The number of nitrogens with zero attached hydrogens (tertiary/aromatic N) is 3. The second kappa shape index (κ2) is 9.57. The Morgan fingerprint density at radius 3 is 2.32 bits per heavy atom. The Labute approximate surface area is 189 Å². The molecule has 0 bridgehead atoms. The molecule has 2 aliphatic rings. The summed E-state index contributed by atoms with van der Waals surface area (Å²) < 4.78 is 5.98. The summed E-state index contributed by atoms with van der Waals surface area (Å²) in [6, 6.07) is 8.79. The first-order valence-corrected chi connectivity index (χ1v) is 12.2. The van der Waals surface area contributed by atoms with Gasteiger partial charge in [0.05, 0.1) is 0 Å². The second-order valence-electron chi connectivity index (χ2n) is 9.63. The highest BCUT2D eigenvalue weighted by atomic mass is 32.1. The average molecular weight is 443 g/mol. The number of anilines is 1. The summed E-state index contributed by atoms with van der Waals surface area (Å²) in [5, 5.41) is 5.80. The summed E-state index contributed by atoms with van der Waals surface area (Å²) in [6.45, 7) is 10.3. The first-order chi connectivity index (χ1) is 14.9. The van der Waals surface area contributed by atoms with Gasteiger partial charge >= 0.3 is 6.03 Å². The third-order valence-electron chi connectivity index (χ3n) is 6.42. The maximum Gasteiger partial charge on any atom is 0.321 e. The summed E-state index contributed by atoms with van der Waals surface area (Å²) in [4.78, 5) is 21.5. The van der Waals surface area contributed by atoms with E-state index in [0.717, 1.165) is 62.7 Å². The normalized spacial score (nSPS) is 19.4. The molecule has 0 unspecified atom stereocenters. The Morgan fingerprint density at radius 1 is 1.06 bits per heavy atom. The molecular weight excluding hydrogens is 408 g/mol. The van der Waals surface area contributed by atoms with E-state index in [1.807, 2.05) is 22.4 Å². The van der Waals surface area contributed by atoms with Gasteiger partial charge in [-0.1, -0.05) is 44.2 Å². The molecule has 2 amide bonds. The van der Waals surface area contributed by atoms with Crippen LogP contribution < -0.4 is 10.1 Å². The smallest absolute Gasteiger partial charge is 0.321 e. The number of nitrogens with one attached hydrogen (secondary N) is 1. The lowest BCUT2D eigenvalue weighted by atomic mass is 9.87. The largest absolute Gasteiger partial charge is 0.467 e. The van der Waals surface area contributed by atoms with Crippen molar-refractivity contribution in [3.05, 3.63) is 41.4 Å². The molecule has 0 spiro atoms. The lowest BCUT2D eigenvalue weighted by molar-refractivity contribution is 0.0544. The number of amides is 2. The number of carbonyl (C=O) groups excluding carboxylic acids is 1. The molecule has 0 radical (unpaired) electrons. The molecule has 3 heterocycles. The fourth-order valence-corrected chi connectivity index (χ4v) is 5.01. The van der Waals surface area contributed by atoms with Crippen molar-refractivity contribution in [2.24, 2.45) is 0 Å².